The molecule has 3 amide bonds. The highest BCUT2D eigenvalue weighted by atomic mass is 32.2. The number of nitrogens with zero attached hydrogens (tertiary/aromatic N) is 4. The van der Waals surface area contributed by atoms with Crippen molar-refractivity contribution in [1.82, 2.24) is 31.0 Å². The normalized spacial score (nSPS) is 10.8. The van der Waals surface area contributed by atoms with Crippen LogP contribution in [-0.2, 0) is 27.5 Å². The first-order valence-corrected chi connectivity index (χ1v) is 14.5. The van der Waals surface area contributed by atoms with Gasteiger partial charge in [0.15, 0.2) is 8.68 Å². The van der Waals surface area contributed by atoms with Crippen LogP contribution in [0.4, 0.5) is 16.0 Å². The third-order valence-corrected chi connectivity index (χ3v) is 9.06. The molecule has 198 valence electrons. The van der Waals surface area contributed by atoms with Gasteiger partial charge < -0.3 is 27.4 Å². The summed E-state index contributed by atoms with van der Waals surface area (Å²) in [5.74, 6) is -0.233. The summed E-state index contributed by atoms with van der Waals surface area (Å²) in [5, 5.41) is 24.7. The van der Waals surface area contributed by atoms with Crippen LogP contribution in [-0.4, -0.2) is 49.6 Å². The quantitative estimate of drug-likeness (QED) is 0.209. The Morgan fingerprint density at radius 1 is 0.757 bits per heavy atom. The van der Waals surface area contributed by atoms with Gasteiger partial charge in [0.25, 0.3) is 0 Å². The second-order valence-corrected chi connectivity index (χ2v) is 12.3. The molecule has 3 rings (SSSR count). The third kappa shape index (κ3) is 8.02. The van der Waals surface area contributed by atoms with Crippen molar-refractivity contribution in [2.75, 3.05) is 28.3 Å². The molecule has 0 saturated carbocycles. The van der Waals surface area contributed by atoms with E-state index in [0.717, 1.165) is 27.8 Å². The van der Waals surface area contributed by atoms with Crippen LogP contribution in [0.3, 0.4) is 0 Å². The van der Waals surface area contributed by atoms with Crippen LogP contribution in [0, 0.1) is 20.8 Å². The number of anilines is 3. The van der Waals surface area contributed by atoms with Crippen LogP contribution in [0.2, 0.25) is 0 Å². The van der Waals surface area contributed by atoms with Gasteiger partial charge in [-0.05, 0) is 48.6 Å². The Bertz CT molecular complexity index is 1220. The predicted molar refractivity (Wildman–Crippen MR) is 149 cm³/mol. The minimum atomic E-state index is -0.208. The topological polar surface area (TPSA) is 191 Å². The van der Waals surface area contributed by atoms with Crippen molar-refractivity contribution < 1.29 is 14.4 Å². The fourth-order valence-electron chi connectivity index (χ4n) is 3.51. The molecule has 0 aliphatic carbocycles. The number of nitrogens with one attached hydrogen (secondary N) is 3. The maximum atomic E-state index is 12.5. The fourth-order valence-corrected chi connectivity index (χ4v) is 6.44. The summed E-state index contributed by atoms with van der Waals surface area (Å²) in [7, 11) is 0. The molecule has 0 saturated heterocycles. The number of benzene rings is 1. The monoisotopic (exact) mass is 581 g/mol. The maximum Gasteiger partial charge on any atom is 0.230 e. The molecule has 0 radical (unpaired) electrons. The SMILES string of the molecule is CC(=O)Nc1c(C)c(CNC(=O)CSc2nnc(N)s2)c(C)c(CNC(=O)CSc2nnc(N)s2)c1C. The zero-order valence-corrected chi connectivity index (χ0v) is 23.9. The summed E-state index contributed by atoms with van der Waals surface area (Å²) in [6, 6.07) is 0. The average Bonchev–Trinajstić information content (AvgIpc) is 3.46. The van der Waals surface area contributed by atoms with Gasteiger partial charge in [0.1, 0.15) is 0 Å². The molecule has 0 aliphatic heterocycles. The predicted octanol–water partition coefficient (Wildman–Crippen LogP) is 2.25. The molecule has 0 atom stereocenters. The Morgan fingerprint density at radius 3 is 1.54 bits per heavy atom. The van der Waals surface area contributed by atoms with Gasteiger partial charge in [-0.1, -0.05) is 46.2 Å². The summed E-state index contributed by atoms with van der Waals surface area (Å²) < 4.78 is 1.24. The van der Waals surface area contributed by atoms with E-state index in [-0.39, 0.29) is 42.3 Å². The van der Waals surface area contributed by atoms with Crippen LogP contribution in [0.5, 0.6) is 0 Å². The van der Waals surface area contributed by atoms with Crippen LogP contribution in [0.15, 0.2) is 8.68 Å². The van der Waals surface area contributed by atoms with E-state index in [9.17, 15) is 14.4 Å². The molecule has 0 bridgehead atoms. The van der Waals surface area contributed by atoms with Gasteiger partial charge >= 0.3 is 0 Å². The Balaban J connectivity index is 1.71. The average molecular weight is 582 g/mol. The number of rotatable bonds is 11. The van der Waals surface area contributed by atoms with E-state index in [1.165, 1.54) is 53.1 Å². The maximum absolute atomic E-state index is 12.5. The minimum absolute atomic E-state index is 0.165. The third-order valence-electron chi connectivity index (χ3n) is 5.28. The molecule has 0 spiro atoms. The molecule has 0 fully saturated rings. The second-order valence-electron chi connectivity index (χ2n) is 7.83. The van der Waals surface area contributed by atoms with Crippen molar-refractivity contribution in [3.8, 4) is 0 Å². The second kappa shape index (κ2) is 13.0. The molecule has 3 aromatic rings. The molecule has 37 heavy (non-hydrogen) atoms. The van der Waals surface area contributed by atoms with E-state index in [4.69, 9.17) is 11.5 Å². The van der Waals surface area contributed by atoms with E-state index < -0.39 is 0 Å². The number of thioether (sulfide) groups is 2. The first-order valence-electron chi connectivity index (χ1n) is 10.9. The van der Waals surface area contributed by atoms with Crippen LogP contribution in [0.1, 0.15) is 34.7 Å². The molecule has 12 nitrogen and oxygen atoms in total. The number of nitrogens with two attached hydrogens (primary N) is 2. The van der Waals surface area contributed by atoms with Crippen molar-refractivity contribution in [3.05, 3.63) is 27.8 Å². The van der Waals surface area contributed by atoms with Gasteiger partial charge in [0, 0.05) is 25.7 Å². The number of nitrogen functional groups attached to an aromatic ring is 2. The van der Waals surface area contributed by atoms with Crippen molar-refractivity contribution in [1.29, 1.82) is 0 Å². The number of carbonyl (C=O) groups is 3. The molecule has 2 heterocycles. The van der Waals surface area contributed by atoms with Gasteiger partial charge in [-0.2, -0.15) is 0 Å². The van der Waals surface area contributed by atoms with Gasteiger partial charge in [-0.3, -0.25) is 14.4 Å². The number of amides is 3. The van der Waals surface area contributed by atoms with E-state index in [1.54, 1.807) is 0 Å². The summed E-state index contributed by atoms with van der Waals surface area (Å²) in [5.41, 5.74) is 16.2. The highest BCUT2D eigenvalue weighted by molar-refractivity contribution is 8.01. The van der Waals surface area contributed by atoms with Crippen LogP contribution in [0.25, 0.3) is 0 Å². The van der Waals surface area contributed by atoms with Gasteiger partial charge in [-0.25, -0.2) is 0 Å². The van der Waals surface area contributed by atoms with Crippen molar-refractivity contribution in [3.63, 3.8) is 0 Å². The lowest BCUT2D eigenvalue weighted by molar-refractivity contribution is -0.119. The number of carbonyl (C=O) groups excluding carboxylic acids is 3. The molecular formula is C21H27N9O3S4. The number of hydrogen-bond donors (Lipinski definition) is 5. The lowest BCUT2D eigenvalue weighted by Crippen LogP contribution is -2.28. The number of hydrogen-bond acceptors (Lipinski definition) is 13. The molecule has 2 aromatic heterocycles. The van der Waals surface area contributed by atoms with Crippen LogP contribution < -0.4 is 27.4 Å². The zero-order chi connectivity index (χ0) is 27.1. The molecule has 0 aliphatic rings. The summed E-state index contributed by atoms with van der Waals surface area (Å²) in [4.78, 5) is 36.9. The smallest absolute Gasteiger partial charge is 0.230 e. The molecule has 1 aromatic carbocycles. The van der Waals surface area contributed by atoms with Crippen molar-refractivity contribution in [2.24, 2.45) is 0 Å². The molecule has 7 N–H and O–H groups in total. The standard InChI is InChI=1S/C21H27N9O3S4/c1-9-13(5-24-15(32)7-34-20-29-27-18(22)36-20)10(2)17(26-12(4)31)11(3)14(9)6-25-16(33)8-35-21-30-28-19(23)37-21/h5-8H2,1-4H3,(H2,22,27)(H2,23,28)(H,24,32)(H,25,33)(H,26,31). The zero-order valence-electron chi connectivity index (χ0n) is 20.6. The minimum Gasteiger partial charge on any atom is -0.374 e. The highest BCUT2D eigenvalue weighted by Crippen LogP contribution is 2.32. The van der Waals surface area contributed by atoms with Crippen molar-refractivity contribution in [2.45, 2.75) is 49.5 Å². The molecule has 16 heteroatoms. The largest absolute Gasteiger partial charge is 0.374 e. The Labute approximate surface area is 230 Å². The van der Waals surface area contributed by atoms with Crippen LogP contribution >= 0.6 is 46.2 Å². The number of aromatic nitrogens is 4. The van der Waals surface area contributed by atoms with E-state index >= 15 is 0 Å². The lowest BCUT2D eigenvalue weighted by Gasteiger charge is -2.23. The summed E-state index contributed by atoms with van der Waals surface area (Å²) in [6.07, 6.45) is 0. The highest BCUT2D eigenvalue weighted by Gasteiger charge is 2.19. The Kier molecular flexibility index (Phi) is 10.1. The van der Waals surface area contributed by atoms with Gasteiger partial charge in [-0.15, -0.1) is 20.4 Å². The lowest BCUT2D eigenvalue weighted by atomic mass is 9.90. The Morgan fingerprint density at radius 2 is 1.19 bits per heavy atom. The van der Waals surface area contributed by atoms with Gasteiger partial charge in [0.2, 0.25) is 28.0 Å². The van der Waals surface area contributed by atoms with E-state index in [0.29, 0.717) is 24.6 Å². The van der Waals surface area contributed by atoms with Gasteiger partial charge in [0.05, 0.1) is 11.5 Å². The fraction of sp³-hybridized carbons (Fsp3) is 0.381. The molecule has 0 unspecified atom stereocenters. The van der Waals surface area contributed by atoms with E-state index in [2.05, 4.69) is 36.3 Å². The Hall–Kier alpha value is -2.95. The van der Waals surface area contributed by atoms with Crippen molar-refractivity contribution >= 4 is 79.9 Å². The summed E-state index contributed by atoms with van der Waals surface area (Å²) >= 11 is 4.96. The summed E-state index contributed by atoms with van der Waals surface area (Å²) in [6.45, 7) is 7.71. The van der Waals surface area contributed by atoms with E-state index in [1.807, 2.05) is 20.8 Å². The molecular weight excluding hydrogens is 555 g/mol. The first kappa shape index (κ1) is 28.6. The first-order chi connectivity index (χ1) is 17.5.